The molecule has 0 aliphatic rings. The highest BCUT2D eigenvalue weighted by atomic mass is 35.5. The Kier molecular flexibility index (Phi) is 3.74. The number of benzene rings is 1. The van der Waals surface area contributed by atoms with Gasteiger partial charge in [-0.3, -0.25) is 0 Å². The lowest BCUT2D eigenvalue weighted by Gasteiger charge is -2.09. The fraction of sp³-hybridized carbons (Fsp3) is 0.273. The highest BCUT2D eigenvalue weighted by Crippen LogP contribution is 2.21. The minimum atomic E-state index is -0.0505. The zero-order valence-electron chi connectivity index (χ0n) is 8.85. The van der Waals surface area contributed by atoms with Crippen LogP contribution >= 0.6 is 23.1 Å². The minimum absolute atomic E-state index is 0.0505. The molecular weight excluding hydrogens is 242 g/mol. The number of alkyl halides is 1. The molecule has 1 aromatic carbocycles. The third-order valence-corrected chi connectivity index (χ3v) is 3.29. The van der Waals surface area contributed by atoms with Gasteiger partial charge in [-0.05, 0) is 12.5 Å². The normalized spacial score (nSPS) is 12.4. The molecule has 0 spiro atoms. The standard InChI is InChI=1S/C11H12ClN3S/c1-8-14-11(16-15-8)13-7-10(12)9-5-3-2-4-6-9/h2-6,10H,7H2,1H3,(H,13,14,15). The second kappa shape index (κ2) is 5.27. The Morgan fingerprint density at radius 1 is 1.38 bits per heavy atom. The van der Waals surface area contributed by atoms with Crippen LogP contribution in [-0.2, 0) is 0 Å². The molecule has 3 nitrogen and oxygen atoms in total. The fourth-order valence-electron chi connectivity index (χ4n) is 1.33. The highest BCUT2D eigenvalue weighted by Gasteiger charge is 2.08. The van der Waals surface area contributed by atoms with Gasteiger partial charge in [0, 0.05) is 18.1 Å². The van der Waals surface area contributed by atoms with E-state index < -0.39 is 0 Å². The summed E-state index contributed by atoms with van der Waals surface area (Å²) in [5, 5.41) is 3.94. The van der Waals surface area contributed by atoms with E-state index in [-0.39, 0.29) is 5.38 Å². The number of hydrogen-bond acceptors (Lipinski definition) is 4. The summed E-state index contributed by atoms with van der Waals surface area (Å²) in [7, 11) is 0. The van der Waals surface area contributed by atoms with Gasteiger partial charge in [-0.15, -0.1) is 11.6 Å². The molecule has 1 aromatic heterocycles. The molecule has 1 N–H and O–H groups in total. The third-order valence-electron chi connectivity index (χ3n) is 2.12. The summed E-state index contributed by atoms with van der Waals surface area (Å²) in [6, 6.07) is 9.99. The second-order valence-electron chi connectivity index (χ2n) is 3.41. The molecular formula is C11H12ClN3S. The van der Waals surface area contributed by atoms with E-state index in [9.17, 15) is 0 Å². The van der Waals surface area contributed by atoms with Gasteiger partial charge in [0.15, 0.2) is 0 Å². The maximum Gasteiger partial charge on any atom is 0.202 e. The average Bonchev–Trinajstić information content (AvgIpc) is 2.73. The van der Waals surface area contributed by atoms with Crippen LogP contribution in [-0.4, -0.2) is 15.9 Å². The fourth-order valence-corrected chi connectivity index (χ4v) is 2.13. The van der Waals surface area contributed by atoms with Crippen LogP contribution in [0.5, 0.6) is 0 Å². The van der Waals surface area contributed by atoms with Gasteiger partial charge in [-0.25, -0.2) is 4.98 Å². The number of rotatable bonds is 4. The lowest BCUT2D eigenvalue weighted by Crippen LogP contribution is -2.07. The molecule has 0 aliphatic heterocycles. The predicted molar refractivity (Wildman–Crippen MR) is 68.2 cm³/mol. The van der Waals surface area contributed by atoms with E-state index in [0.29, 0.717) is 6.54 Å². The van der Waals surface area contributed by atoms with Crippen molar-refractivity contribution in [1.29, 1.82) is 0 Å². The van der Waals surface area contributed by atoms with Crippen molar-refractivity contribution in [2.24, 2.45) is 0 Å². The average molecular weight is 254 g/mol. The van der Waals surface area contributed by atoms with Gasteiger partial charge in [-0.1, -0.05) is 30.3 Å². The van der Waals surface area contributed by atoms with E-state index in [1.165, 1.54) is 11.5 Å². The first-order chi connectivity index (χ1) is 7.75. The maximum absolute atomic E-state index is 6.26. The number of hydrogen-bond donors (Lipinski definition) is 1. The van der Waals surface area contributed by atoms with Crippen molar-refractivity contribution in [1.82, 2.24) is 9.36 Å². The zero-order chi connectivity index (χ0) is 11.4. The Bertz CT molecular complexity index is 444. The molecule has 1 atom stereocenters. The molecule has 2 rings (SSSR count). The summed E-state index contributed by atoms with van der Waals surface area (Å²) in [5.74, 6) is 0.790. The van der Waals surface area contributed by atoms with Crippen molar-refractivity contribution in [3.05, 3.63) is 41.7 Å². The molecule has 0 radical (unpaired) electrons. The number of anilines is 1. The molecule has 84 valence electrons. The molecule has 16 heavy (non-hydrogen) atoms. The van der Waals surface area contributed by atoms with Crippen molar-refractivity contribution < 1.29 is 0 Å². The number of nitrogens with one attached hydrogen (secondary N) is 1. The topological polar surface area (TPSA) is 37.8 Å². The monoisotopic (exact) mass is 253 g/mol. The summed E-state index contributed by atoms with van der Waals surface area (Å²) in [6.07, 6.45) is 0. The number of aromatic nitrogens is 2. The van der Waals surface area contributed by atoms with E-state index in [0.717, 1.165) is 16.5 Å². The smallest absolute Gasteiger partial charge is 0.202 e. The number of nitrogens with zero attached hydrogens (tertiary/aromatic N) is 2. The van der Waals surface area contributed by atoms with Crippen LogP contribution in [0.3, 0.4) is 0 Å². The summed E-state index contributed by atoms with van der Waals surface area (Å²) in [6.45, 7) is 2.53. The van der Waals surface area contributed by atoms with Gasteiger partial charge in [0.25, 0.3) is 0 Å². The van der Waals surface area contributed by atoms with Gasteiger partial charge in [-0.2, -0.15) is 4.37 Å². The molecule has 1 heterocycles. The van der Waals surface area contributed by atoms with E-state index in [1.807, 2.05) is 37.3 Å². The molecule has 2 aromatic rings. The van der Waals surface area contributed by atoms with Crippen LogP contribution in [0.4, 0.5) is 5.13 Å². The quantitative estimate of drug-likeness (QED) is 0.850. The van der Waals surface area contributed by atoms with E-state index in [4.69, 9.17) is 11.6 Å². The van der Waals surface area contributed by atoms with Crippen molar-refractivity contribution in [3.8, 4) is 0 Å². The predicted octanol–water partition coefficient (Wildman–Crippen LogP) is 3.24. The lowest BCUT2D eigenvalue weighted by molar-refractivity contribution is 0.971. The van der Waals surface area contributed by atoms with Crippen LogP contribution in [0, 0.1) is 6.92 Å². The summed E-state index contributed by atoms with van der Waals surface area (Å²) >= 11 is 7.61. The zero-order valence-corrected chi connectivity index (χ0v) is 10.4. The van der Waals surface area contributed by atoms with Crippen LogP contribution in [0.2, 0.25) is 0 Å². The lowest BCUT2D eigenvalue weighted by atomic mass is 10.1. The third kappa shape index (κ3) is 2.93. The minimum Gasteiger partial charge on any atom is -0.358 e. The van der Waals surface area contributed by atoms with Crippen molar-refractivity contribution in [3.63, 3.8) is 0 Å². The number of aryl methyl sites for hydroxylation is 1. The van der Waals surface area contributed by atoms with Crippen molar-refractivity contribution in [2.45, 2.75) is 12.3 Å². The molecule has 1 unspecified atom stereocenters. The first kappa shape index (κ1) is 11.4. The SMILES string of the molecule is Cc1nsc(NCC(Cl)c2ccccc2)n1. The van der Waals surface area contributed by atoms with Crippen LogP contribution < -0.4 is 5.32 Å². The Labute approximate surface area is 104 Å². The Morgan fingerprint density at radius 3 is 2.75 bits per heavy atom. The Balaban J connectivity index is 1.91. The largest absolute Gasteiger partial charge is 0.358 e. The Morgan fingerprint density at radius 2 is 2.12 bits per heavy atom. The van der Waals surface area contributed by atoms with E-state index >= 15 is 0 Å². The van der Waals surface area contributed by atoms with Gasteiger partial charge >= 0.3 is 0 Å². The molecule has 0 fully saturated rings. The van der Waals surface area contributed by atoms with Crippen LogP contribution in [0.15, 0.2) is 30.3 Å². The second-order valence-corrected chi connectivity index (χ2v) is 4.68. The Hall–Kier alpha value is -1.13. The van der Waals surface area contributed by atoms with Gasteiger partial charge in [0.05, 0.1) is 5.38 Å². The van der Waals surface area contributed by atoms with Crippen molar-refractivity contribution in [2.75, 3.05) is 11.9 Å². The van der Waals surface area contributed by atoms with E-state index in [2.05, 4.69) is 14.7 Å². The summed E-state index contributed by atoms with van der Waals surface area (Å²) in [5.41, 5.74) is 1.11. The molecule has 0 saturated heterocycles. The summed E-state index contributed by atoms with van der Waals surface area (Å²) < 4.78 is 4.09. The van der Waals surface area contributed by atoms with Gasteiger partial charge < -0.3 is 5.32 Å². The van der Waals surface area contributed by atoms with E-state index in [1.54, 1.807) is 0 Å². The maximum atomic E-state index is 6.26. The van der Waals surface area contributed by atoms with Crippen LogP contribution in [0.1, 0.15) is 16.8 Å². The number of halogens is 1. The molecule has 0 aliphatic carbocycles. The van der Waals surface area contributed by atoms with Gasteiger partial charge in [0.2, 0.25) is 5.13 Å². The first-order valence-corrected chi connectivity index (χ1v) is 6.20. The molecule has 0 amide bonds. The molecule has 5 heteroatoms. The first-order valence-electron chi connectivity index (χ1n) is 4.99. The van der Waals surface area contributed by atoms with Crippen molar-refractivity contribution >= 4 is 28.3 Å². The molecule has 0 saturated carbocycles. The van der Waals surface area contributed by atoms with Gasteiger partial charge in [0.1, 0.15) is 5.82 Å². The highest BCUT2D eigenvalue weighted by molar-refractivity contribution is 7.09. The van der Waals surface area contributed by atoms with Crippen LogP contribution in [0.25, 0.3) is 0 Å². The summed E-state index contributed by atoms with van der Waals surface area (Å²) in [4.78, 5) is 4.21. The molecule has 0 bridgehead atoms.